The minimum atomic E-state index is -3.92. The fraction of sp³-hybridized carbons (Fsp3) is 0.296. The topological polar surface area (TPSA) is 66.5 Å². The second-order valence-corrected chi connectivity index (χ2v) is 10.6. The molecule has 1 amide bonds. The zero-order valence-electron chi connectivity index (χ0n) is 19.3. The Bertz CT molecular complexity index is 1270. The van der Waals surface area contributed by atoms with Gasteiger partial charge in [-0.3, -0.25) is 9.10 Å². The lowest BCUT2D eigenvalue weighted by Gasteiger charge is -2.27. The predicted octanol–water partition coefficient (Wildman–Crippen LogP) is 4.86. The molecule has 0 fully saturated rings. The first-order valence-corrected chi connectivity index (χ1v) is 12.8. The number of aryl methyl sites for hydroxylation is 4. The van der Waals surface area contributed by atoms with E-state index in [1.807, 2.05) is 39.0 Å². The summed E-state index contributed by atoms with van der Waals surface area (Å²) in [5, 5.41) is 3.00. The molecule has 172 valence electrons. The molecule has 0 saturated heterocycles. The van der Waals surface area contributed by atoms with Gasteiger partial charge in [-0.2, -0.15) is 0 Å². The molecule has 3 aromatic rings. The molecule has 0 saturated carbocycles. The van der Waals surface area contributed by atoms with Crippen LogP contribution in [0.5, 0.6) is 0 Å². The van der Waals surface area contributed by atoms with Crippen LogP contribution in [0, 0.1) is 13.8 Å². The number of amides is 1. The first-order valence-electron chi connectivity index (χ1n) is 11.3. The number of hydrogen-bond donors (Lipinski definition) is 1. The van der Waals surface area contributed by atoms with Crippen molar-refractivity contribution in [2.45, 2.75) is 51.0 Å². The molecule has 1 aliphatic rings. The van der Waals surface area contributed by atoms with Gasteiger partial charge in [0.2, 0.25) is 5.91 Å². The van der Waals surface area contributed by atoms with Crippen LogP contribution in [0.3, 0.4) is 0 Å². The fourth-order valence-electron chi connectivity index (χ4n) is 4.37. The molecule has 1 unspecified atom stereocenters. The smallest absolute Gasteiger partial charge is 0.264 e. The molecule has 1 aliphatic carbocycles. The molecule has 0 bridgehead atoms. The Morgan fingerprint density at radius 1 is 0.970 bits per heavy atom. The number of benzene rings is 3. The lowest BCUT2D eigenvalue weighted by Crippen LogP contribution is -2.42. The number of nitrogens with one attached hydrogen (secondary N) is 1. The number of carbonyl (C=O) groups is 1. The number of rotatable bonds is 7. The average Bonchev–Trinajstić information content (AvgIpc) is 3.27. The lowest BCUT2D eigenvalue weighted by molar-refractivity contribution is -0.120. The average molecular weight is 463 g/mol. The SMILES string of the molecule is Cc1ccc(C)c(N(CC(=O)NC(C)c2ccc3c(c2)CCC3)S(=O)(=O)c2ccccc2)c1. The predicted molar refractivity (Wildman–Crippen MR) is 132 cm³/mol. The van der Waals surface area contributed by atoms with Crippen LogP contribution in [0.1, 0.15) is 47.2 Å². The van der Waals surface area contributed by atoms with Gasteiger partial charge in [0.05, 0.1) is 16.6 Å². The zero-order chi connectivity index (χ0) is 23.6. The van der Waals surface area contributed by atoms with Crippen molar-refractivity contribution in [2.24, 2.45) is 0 Å². The molecule has 4 rings (SSSR count). The van der Waals surface area contributed by atoms with E-state index < -0.39 is 10.0 Å². The van der Waals surface area contributed by atoms with E-state index in [4.69, 9.17) is 0 Å². The Kier molecular flexibility index (Phi) is 6.56. The molecule has 33 heavy (non-hydrogen) atoms. The highest BCUT2D eigenvalue weighted by atomic mass is 32.2. The normalized spacial score (nSPS) is 13.9. The number of carbonyl (C=O) groups excluding carboxylic acids is 1. The van der Waals surface area contributed by atoms with Gasteiger partial charge in [-0.05, 0) is 86.1 Å². The monoisotopic (exact) mass is 462 g/mol. The molecule has 0 spiro atoms. The second-order valence-electron chi connectivity index (χ2n) is 8.79. The Morgan fingerprint density at radius 3 is 2.45 bits per heavy atom. The summed E-state index contributed by atoms with van der Waals surface area (Å²) in [5.41, 5.74) is 5.99. The molecular weight excluding hydrogens is 432 g/mol. The Labute approximate surface area is 196 Å². The number of hydrogen-bond acceptors (Lipinski definition) is 3. The summed E-state index contributed by atoms with van der Waals surface area (Å²) < 4.78 is 28.3. The molecular formula is C27H30N2O3S. The van der Waals surface area contributed by atoms with E-state index in [-0.39, 0.29) is 23.4 Å². The molecule has 0 aliphatic heterocycles. The van der Waals surface area contributed by atoms with E-state index in [0.29, 0.717) is 5.69 Å². The van der Waals surface area contributed by atoms with Crippen LogP contribution in [0.4, 0.5) is 5.69 Å². The highest BCUT2D eigenvalue weighted by molar-refractivity contribution is 7.92. The van der Waals surface area contributed by atoms with E-state index in [0.717, 1.165) is 29.5 Å². The van der Waals surface area contributed by atoms with Crippen LogP contribution in [-0.4, -0.2) is 20.9 Å². The van der Waals surface area contributed by atoms with Gasteiger partial charge in [0.15, 0.2) is 0 Å². The van der Waals surface area contributed by atoms with Gasteiger partial charge >= 0.3 is 0 Å². The van der Waals surface area contributed by atoms with E-state index in [1.165, 1.54) is 21.9 Å². The summed E-state index contributed by atoms with van der Waals surface area (Å²) in [6, 6.07) is 20.0. The number of fused-ring (bicyclic) bond motifs is 1. The maximum atomic E-state index is 13.6. The molecule has 0 heterocycles. The number of sulfonamides is 1. The minimum Gasteiger partial charge on any atom is -0.348 e. The van der Waals surface area contributed by atoms with Crippen LogP contribution in [0.25, 0.3) is 0 Å². The highest BCUT2D eigenvalue weighted by Gasteiger charge is 2.29. The van der Waals surface area contributed by atoms with Crippen molar-refractivity contribution in [1.29, 1.82) is 0 Å². The van der Waals surface area contributed by atoms with E-state index in [9.17, 15) is 13.2 Å². The van der Waals surface area contributed by atoms with Gasteiger partial charge in [-0.25, -0.2) is 8.42 Å². The molecule has 6 heteroatoms. The molecule has 1 N–H and O–H groups in total. The van der Waals surface area contributed by atoms with Gasteiger partial charge in [-0.15, -0.1) is 0 Å². The molecule has 3 aromatic carbocycles. The summed E-state index contributed by atoms with van der Waals surface area (Å²) in [7, 11) is -3.92. The summed E-state index contributed by atoms with van der Waals surface area (Å²) in [5.74, 6) is -0.344. The van der Waals surface area contributed by atoms with Gasteiger partial charge < -0.3 is 5.32 Å². The summed E-state index contributed by atoms with van der Waals surface area (Å²) in [6.07, 6.45) is 3.35. The quantitative estimate of drug-likeness (QED) is 0.545. The summed E-state index contributed by atoms with van der Waals surface area (Å²) in [6.45, 7) is 5.40. The van der Waals surface area contributed by atoms with Gasteiger partial charge in [-0.1, -0.05) is 48.5 Å². The standard InChI is InChI=1S/C27H30N2O3S/c1-19-12-13-20(2)26(16-19)29(33(31,32)25-10-5-4-6-11-25)18-27(30)28-21(3)23-15-14-22-8-7-9-24(22)17-23/h4-6,10-17,21H,7-9,18H2,1-3H3,(H,28,30). The Balaban J connectivity index is 1.61. The third kappa shape index (κ3) is 4.96. The second kappa shape index (κ2) is 9.40. The molecule has 0 radical (unpaired) electrons. The third-order valence-electron chi connectivity index (χ3n) is 6.25. The molecule has 1 atom stereocenters. The van der Waals surface area contributed by atoms with Gasteiger partial charge in [0, 0.05) is 0 Å². The first-order chi connectivity index (χ1) is 15.8. The highest BCUT2D eigenvalue weighted by Crippen LogP contribution is 2.28. The van der Waals surface area contributed by atoms with Crippen molar-refractivity contribution in [3.05, 3.63) is 94.5 Å². The maximum absolute atomic E-state index is 13.6. The van der Waals surface area contributed by atoms with Crippen LogP contribution < -0.4 is 9.62 Å². The first kappa shape index (κ1) is 23.1. The van der Waals surface area contributed by atoms with Crippen LogP contribution >= 0.6 is 0 Å². The summed E-state index contributed by atoms with van der Waals surface area (Å²) in [4.78, 5) is 13.3. The van der Waals surface area contributed by atoms with Crippen molar-refractivity contribution in [3.63, 3.8) is 0 Å². The van der Waals surface area contributed by atoms with Crippen molar-refractivity contribution >= 4 is 21.6 Å². The fourth-order valence-corrected chi connectivity index (χ4v) is 5.87. The number of anilines is 1. The molecule has 0 aromatic heterocycles. The van der Waals surface area contributed by atoms with Crippen LogP contribution in [-0.2, 0) is 27.7 Å². The minimum absolute atomic E-state index is 0.158. The third-order valence-corrected chi connectivity index (χ3v) is 8.03. The van der Waals surface area contributed by atoms with Gasteiger partial charge in [0.25, 0.3) is 10.0 Å². The van der Waals surface area contributed by atoms with E-state index in [2.05, 4.69) is 23.5 Å². The molecule has 5 nitrogen and oxygen atoms in total. The van der Waals surface area contributed by atoms with E-state index in [1.54, 1.807) is 30.3 Å². The van der Waals surface area contributed by atoms with E-state index >= 15 is 0 Å². The summed E-state index contributed by atoms with van der Waals surface area (Å²) >= 11 is 0. The Morgan fingerprint density at radius 2 is 1.70 bits per heavy atom. The van der Waals surface area contributed by atoms with Gasteiger partial charge in [0.1, 0.15) is 6.54 Å². The van der Waals surface area contributed by atoms with Crippen molar-refractivity contribution in [2.75, 3.05) is 10.8 Å². The zero-order valence-corrected chi connectivity index (χ0v) is 20.2. The number of nitrogens with zero attached hydrogens (tertiary/aromatic N) is 1. The van der Waals surface area contributed by atoms with Crippen LogP contribution in [0.2, 0.25) is 0 Å². The van der Waals surface area contributed by atoms with Crippen molar-refractivity contribution < 1.29 is 13.2 Å². The van der Waals surface area contributed by atoms with Crippen molar-refractivity contribution in [1.82, 2.24) is 5.32 Å². The van der Waals surface area contributed by atoms with Crippen molar-refractivity contribution in [3.8, 4) is 0 Å². The van der Waals surface area contributed by atoms with Crippen LogP contribution in [0.15, 0.2) is 71.6 Å². The Hall–Kier alpha value is -3.12. The lowest BCUT2D eigenvalue weighted by atomic mass is 10.0. The largest absolute Gasteiger partial charge is 0.348 e. The maximum Gasteiger partial charge on any atom is 0.264 e.